The zero-order valence-electron chi connectivity index (χ0n) is 16.5. The standard InChI is InChI=1S/C24H19N3O3/c1-2-30-24(29)27-15-21(11-17-3-7-19(13-25)8-4-17)23(28)22(16-27)12-18-5-9-20(14-26)10-6-18/h3-12H,2,15-16H2,1H3. The molecule has 1 fully saturated rings. The maximum Gasteiger partial charge on any atom is 0.410 e. The topological polar surface area (TPSA) is 94.2 Å². The summed E-state index contributed by atoms with van der Waals surface area (Å²) in [5.41, 5.74) is 3.50. The Bertz CT molecular complexity index is 1020. The molecule has 148 valence electrons. The summed E-state index contributed by atoms with van der Waals surface area (Å²) in [6, 6.07) is 17.8. The lowest BCUT2D eigenvalue weighted by Crippen LogP contribution is -2.41. The first-order chi connectivity index (χ1) is 14.5. The van der Waals surface area contributed by atoms with Crippen molar-refractivity contribution in [1.82, 2.24) is 4.90 Å². The second-order valence-electron chi connectivity index (χ2n) is 6.69. The van der Waals surface area contributed by atoms with Gasteiger partial charge in [-0.1, -0.05) is 24.3 Å². The van der Waals surface area contributed by atoms with E-state index in [0.29, 0.717) is 22.3 Å². The molecule has 0 N–H and O–H groups in total. The quantitative estimate of drug-likeness (QED) is 0.731. The average Bonchev–Trinajstić information content (AvgIpc) is 2.77. The van der Waals surface area contributed by atoms with E-state index < -0.39 is 6.09 Å². The maximum atomic E-state index is 13.1. The van der Waals surface area contributed by atoms with Gasteiger partial charge in [0.05, 0.1) is 43.0 Å². The van der Waals surface area contributed by atoms with Crippen molar-refractivity contribution >= 4 is 24.0 Å². The molecule has 30 heavy (non-hydrogen) atoms. The Kier molecular flexibility index (Phi) is 6.42. The van der Waals surface area contributed by atoms with Gasteiger partial charge in [-0.2, -0.15) is 10.5 Å². The molecule has 1 amide bonds. The zero-order valence-corrected chi connectivity index (χ0v) is 16.5. The lowest BCUT2D eigenvalue weighted by atomic mass is 9.94. The fourth-order valence-electron chi connectivity index (χ4n) is 3.09. The number of likely N-dealkylation sites (tertiary alicyclic amines) is 1. The third kappa shape index (κ3) is 4.81. The van der Waals surface area contributed by atoms with Crippen LogP contribution in [0.1, 0.15) is 29.2 Å². The molecule has 1 aliphatic rings. The van der Waals surface area contributed by atoms with Gasteiger partial charge in [-0.3, -0.25) is 9.69 Å². The highest BCUT2D eigenvalue weighted by Gasteiger charge is 2.29. The second-order valence-corrected chi connectivity index (χ2v) is 6.69. The molecule has 1 saturated heterocycles. The third-order valence-electron chi connectivity index (χ3n) is 4.59. The number of nitriles is 2. The summed E-state index contributed by atoms with van der Waals surface area (Å²) in [7, 11) is 0. The Labute approximate surface area is 174 Å². The van der Waals surface area contributed by atoms with Crippen molar-refractivity contribution in [2.24, 2.45) is 0 Å². The fraction of sp³-hybridized carbons (Fsp3) is 0.167. The van der Waals surface area contributed by atoms with Gasteiger partial charge in [0.25, 0.3) is 0 Å². The molecule has 1 heterocycles. The molecular formula is C24H19N3O3. The minimum Gasteiger partial charge on any atom is -0.450 e. The highest BCUT2D eigenvalue weighted by Crippen LogP contribution is 2.23. The van der Waals surface area contributed by atoms with E-state index in [4.69, 9.17) is 15.3 Å². The van der Waals surface area contributed by atoms with Crippen LogP contribution in [0.3, 0.4) is 0 Å². The third-order valence-corrected chi connectivity index (χ3v) is 4.59. The number of rotatable bonds is 3. The van der Waals surface area contributed by atoms with Crippen molar-refractivity contribution in [1.29, 1.82) is 10.5 Å². The monoisotopic (exact) mass is 397 g/mol. The van der Waals surface area contributed by atoms with Crippen molar-refractivity contribution in [3.05, 3.63) is 81.9 Å². The van der Waals surface area contributed by atoms with Crippen LogP contribution >= 0.6 is 0 Å². The summed E-state index contributed by atoms with van der Waals surface area (Å²) in [4.78, 5) is 26.9. The Hall–Kier alpha value is -4.16. The van der Waals surface area contributed by atoms with Crippen molar-refractivity contribution in [3.63, 3.8) is 0 Å². The zero-order chi connectivity index (χ0) is 21.5. The molecule has 0 saturated carbocycles. The predicted molar refractivity (Wildman–Crippen MR) is 112 cm³/mol. The van der Waals surface area contributed by atoms with Crippen LogP contribution in [0.2, 0.25) is 0 Å². The van der Waals surface area contributed by atoms with Crippen LogP contribution in [0.25, 0.3) is 12.2 Å². The van der Waals surface area contributed by atoms with E-state index in [1.165, 1.54) is 4.90 Å². The van der Waals surface area contributed by atoms with E-state index in [9.17, 15) is 9.59 Å². The van der Waals surface area contributed by atoms with Crippen molar-refractivity contribution in [2.45, 2.75) is 6.92 Å². The Morgan fingerprint density at radius 1 is 0.933 bits per heavy atom. The number of hydrogen-bond donors (Lipinski definition) is 0. The first-order valence-corrected chi connectivity index (χ1v) is 9.42. The fourth-order valence-corrected chi connectivity index (χ4v) is 3.09. The molecular weight excluding hydrogens is 378 g/mol. The van der Waals surface area contributed by atoms with E-state index in [1.807, 2.05) is 0 Å². The Morgan fingerprint density at radius 2 is 1.37 bits per heavy atom. The lowest BCUT2D eigenvalue weighted by Gasteiger charge is -2.29. The van der Waals surface area contributed by atoms with Gasteiger partial charge in [0, 0.05) is 11.1 Å². The van der Waals surface area contributed by atoms with Crippen molar-refractivity contribution < 1.29 is 14.3 Å². The summed E-state index contributed by atoms with van der Waals surface area (Å²) in [6.45, 7) is 2.26. The van der Waals surface area contributed by atoms with E-state index >= 15 is 0 Å². The van der Waals surface area contributed by atoms with Gasteiger partial charge < -0.3 is 4.74 Å². The lowest BCUT2D eigenvalue weighted by molar-refractivity contribution is -0.113. The molecule has 0 aliphatic carbocycles. The number of hydrogen-bond acceptors (Lipinski definition) is 5. The maximum absolute atomic E-state index is 13.1. The van der Waals surface area contributed by atoms with Crippen molar-refractivity contribution in [3.8, 4) is 12.1 Å². The number of amides is 1. The van der Waals surface area contributed by atoms with Crippen LogP contribution in [-0.4, -0.2) is 36.5 Å². The minimum atomic E-state index is -0.485. The molecule has 0 atom stereocenters. The second kappa shape index (κ2) is 9.36. The molecule has 3 rings (SSSR count). The molecule has 0 spiro atoms. The van der Waals surface area contributed by atoms with Gasteiger partial charge in [0.15, 0.2) is 5.78 Å². The molecule has 0 unspecified atom stereocenters. The van der Waals surface area contributed by atoms with Crippen molar-refractivity contribution in [2.75, 3.05) is 19.7 Å². The van der Waals surface area contributed by atoms with Crippen LogP contribution in [0.5, 0.6) is 0 Å². The van der Waals surface area contributed by atoms with E-state index in [-0.39, 0.29) is 25.5 Å². The number of benzene rings is 2. The minimum absolute atomic E-state index is 0.141. The van der Waals surface area contributed by atoms with Gasteiger partial charge in [-0.05, 0) is 54.5 Å². The summed E-state index contributed by atoms with van der Waals surface area (Å²) < 4.78 is 5.12. The number of carbonyl (C=O) groups excluding carboxylic acids is 2. The molecule has 6 nitrogen and oxygen atoms in total. The average molecular weight is 397 g/mol. The number of ether oxygens (including phenoxy) is 1. The summed E-state index contributed by atoms with van der Waals surface area (Å²) >= 11 is 0. The highest BCUT2D eigenvalue weighted by atomic mass is 16.6. The van der Waals surface area contributed by atoms with E-state index in [1.54, 1.807) is 67.6 Å². The Morgan fingerprint density at radius 3 is 1.73 bits per heavy atom. The predicted octanol–water partition coefficient (Wildman–Crippen LogP) is 3.94. The number of piperidine rings is 1. The summed E-state index contributed by atoms with van der Waals surface area (Å²) in [5.74, 6) is -0.149. The van der Waals surface area contributed by atoms with Gasteiger partial charge in [-0.25, -0.2) is 4.79 Å². The normalized spacial score (nSPS) is 16.2. The van der Waals surface area contributed by atoms with Crippen LogP contribution in [0, 0.1) is 22.7 Å². The van der Waals surface area contributed by atoms with Gasteiger partial charge in [0.1, 0.15) is 0 Å². The van der Waals surface area contributed by atoms with Gasteiger partial charge >= 0.3 is 6.09 Å². The van der Waals surface area contributed by atoms with Gasteiger partial charge in [0.2, 0.25) is 0 Å². The molecule has 6 heteroatoms. The van der Waals surface area contributed by atoms with Crippen LogP contribution in [0.15, 0.2) is 59.7 Å². The number of Topliss-reactive ketones (excluding diaryl/α,β-unsaturated/α-hetero) is 1. The molecule has 0 bridgehead atoms. The van der Waals surface area contributed by atoms with Gasteiger partial charge in [-0.15, -0.1) is 0 Å². The summed E-state index contributed by atoms with van der Waals surface area (Å²) in [6.07, 6.45) is 2.96. The van der Waals surface area contributed by atoms with E-state index in [2.05, 4.69) is 12.1 Å². The number of ketones is 1. The Balaban J connectivity index is 1.96. The number of nitrogens with zero attached hydrogens (tertiary/aromatic N) is 3. The molecule has 0 radical (unpaired) electrons. The number of carbonyl (C=O) groups is 2. The highest BCUT2D eigenvalue weighted by molar-refractivity contribution is 6.15. The first kappa shape index (κ1) is 20.6. The largest absolute Gasteiger partial charge is 0.450 e. The van der Waals surface area contributed by atoms with E-state index in [0.717, 1.165) is 11.1 Å². The summed E-state index contributed by atoms with van der Waals surface area (Å²) in [5, 5.41) is 17.9. The first-order valence-electron chi connectivity index (χ1n) is 9.42. The van der Waals surface area contributed by atoms with Crippen LogP contribution in [-0.2, 0) is 9.53 Å². The molecule has 2 aromatic rings. The molecule has 2 aromatic carbocycles. The van der Waals surface area contributed by atoms with Crippen LogP contribution in [0.4, 0.5) is 4.79 Å². The van der Waals surface area contributed by atoms with Crippen LogP contribution < -0.4 is 0 Å². The molecule has 0 aromatic heterocycles. The molecule has 1 aliphatic heterocycles. The SMILES string of the molecule is CCOC(=O)N1CC(=Cc2ccc(C#N)cc2)C(=O)C(=Cc2ccc(C#N)cc2)C1. The smallest absolute Gasteiger partial charge is 0.410 e.